The van der Waals surface area contributed by atoms with Crippen molar-refractivity contribution in [3.63, 3.8) is 0 Å². The highest BCUT2D eigenvalue weighted by Crippen LogP contribution is 2.18. The van der Waals surface area contributed by atoms with Gasteiger partial charge in [0.2, 0.25) is 5.91 Å². The highest BCUT2D eigenvalue weighted by molar-refractivity contribution is 5.74. The molecular formula is C10H11N3O3. The number of hydrogen-bond donors (Lipinski definition) is 3. The molecule has 84 valence electrons. The molecule has 1 heterocycles. The summed E-state index contributed by atoms with van der Waals surface area (Å²) in [5.41, 5.74) is 5.34. The number of carbonyl (C=O) groups excluding carboxylic acids is 1. The largest absolute Gasteiger partial charge is 0.390 e. The molecule has 0 aliphatic carbocycles. The molecule has 4 N–H and O–H groups in total. The Morgan fingerprint density at radius 1 is 1.62 bits per heavy atom. The van der Waals surface area contributed by atoms with Gasteiger partial charge in [-0.1, -0.05) is 0 Å². The number of nitriles is 1. The van der Waals surface area contributed by atoms with E-state index in [-0.39, 0.29) is 12.1 Å². The monoisotopic (exact) mass is 221 g/mol. The number of aliphatic hydroxyl groups is 2. The zero-order chi connectivity index (χ0) is 12.1. The van der Waals surface area contributed by atoms with Crippen LogP contribution in [-0.4, -0.2) is 27.2 Å². The minimum absolute atomic E-state index is 0.128. The first kappa shape index (κ1) is 12.1. The number of aromatic nitrogens is 1. The standard InChI is InChI=1S/C10H11N3O3/c11-5-7-3-6(1-2-13-7)10(16)8(14)4-9(12)15/h1-3,8,10,14,16H,4H2,(H2,12,15). The van der Waals surface area contributed by atoms with Gasteiger partial charge in [0.1, 0.15) is 17.9 Å². The lowest BCUT2D eigenvalue weighted by molar-refractivity contribution is -0.121. The zero-order valence-electron chi connectivity index (χ0n) is 8.37. The molecule has 1 aromatic rings. The van der Waals surface area contributed by atoms with E-state index in [1.807, 2.05) is 0 Å². The predicted molar refractivity (Wildman–Crippen MR) is 53.7 cm³/mol. The Morgan fingerprint density at radius 2 is 2.31 bits per heavy atom. The third-order valence-electron chi connectivity index (χ3n) is 2.01. The molecule has 0 saturated heterocycles. The van der Waals surface area contributed by atoms with E-state index in [4.69, 9.17) is 11.0 Å². The van der Waals surface area contributed by atoms with Crippen molar-refractivity contribution in [2.24, 2.45) is 5.73 Å². The molecule has 1 aromatic heterocycles. The van der Waals surface area contributed by atoms with E-state index in [9.17, 15) is 15.0 Å². The fourth-order valence-corrected chi connectivity index (χ4v) is 1.23. The van der Waals surface area contributed by atoms with E-state index in [1.54, 1.807) is 6.07 Å². The van der Waals surface area contributed by atoms with Crippen molar-refractivity contribution in [2.75, 3.05) is 0 Å². The minimum Gasteiger partial charge on any atom is -0.390 e. The SMILES string of the molecule is N#Cc1cc(C(O)C(O)CC(N)=O)ccn1. The number of aliphatic hydroxyl groups excluding tert-OH is 2. The molecule has 0 radical (unpaired) electrons. The van der Waals surface area contributed by atoms with Crippen molar-refractivity contribution in [1.82, 2.24) is 4.98 Å². The number of pyridine rings is 1. The second kappa shape index (κ2) is 5.21. The summed E-state index contributed by atoms with van der Waals surface area (Å²) >= 11 is 0. The van der Waals surface area contributed by atoms with Crippen molar-refractivity contribution in [2.45, 2.75) is 18.6 Å². The molecule has 1 amide bonds. The van der Waals surface area contributed by atoms with Crippen LogP contribution in [0.5, 0.6) is 0 Å². The maximum absolute atomic E-state index is 10.6. The van der Waals surface area contributed by atoms with Crippen molar-refractivity contribution >= 4 is 5.91 Å². The number of amides is 1. The number of nitrogens with zero attached hydrogens (tertiary/aromatic N) is 2. The third-order valence-corrected chi connectivity index (χ3v) is 2.01. The van der Waals surface area contributed by atoms with E-state index >= 15 is 0 Å². The van der Waals surface area contributed by atoms with Gasteiger partial charge in [-0.3, -0.25) is 4.79 Å². The molecule has 2 atom stereocenters. The Hall–Kier alpha value is -1.97. The van der Waals surface area contributed by atoms with Crippen LogP contribution in [0.3, 0.4) is 0 Å². The predicted octanol–water partition coefficient (Wildman–Crippen LogP) is -0.777. The summed E-state index contributed by atoms with van der Waals surface area (Å²) in [4.78, 5) is 14.3. The first-order valence-electron chi connectivity index (χ1n) is 4.55. The van der Waals surface area contributed by atoms with E-state index < -0.39 is 18.1 Å². The first-order chi connectivity index (χ1) is 7.54. The number of carbonyl (C=O) groups is 1. The van der Waals surface area contributed by atoms with Crippen LogP contribution in [0.1, 0.15) is 23.8 Å². The van der Waals surface area contributed by atoms with E-state index in [0.29, 0.717) is 5.56 Å². The highest BCUT2D eigenvalue weighted by Gasteiger charge is 2.20. The van der Waals surface area contributed by atoms with Crippen LogP contribution in [0.15, 0.2) is 18.3 Å². The van der Waals surface area contributed by atoms with Crippen LogP contribution in [0.2, 0.25) is 0 Å². The molecule has 0 saturated carbocycles. The molecule has 6 heteroatoms. The summed E-state index contributed by atoms with van der Waals surface area (Å²) in [7, 11) is 0. The van der Waals surface area contributed by atoms with E-state index in [0.717, 1.165) is 0 Å². The van der Waals surface area contributed by atoms with Gasteiger partial charge in [0.05, 0.1) is 12.5 Å². The second-order valence-corrected chi connectivity index (χ2v) is 3.27. The molecule has 0 spiro atoms. The van der Waals surface area contributed by atoms with Crippen LogP contribution < -0.4 is 5.73 Å². The Kier molecular flexibility index (Phi) is 3.94. The Balaban J connectivity index is 2.83. The van der Waals surface area contributed by atoms with Gasteiger partial charge in [-0.2, -0.15) is 5.26 Å². The van der Waals surface area contributed by atoms with Crippen molar-refractivity contribution in [3.05, 3.63) is 29.6 Å². The Labute approximate surface area is 92.0 Å². The number of hydrogen-bond acceptors (Lipinski definition) is 5. The van der Waals surface area contributed by atoms with Crippen LogP contribution in [0, 0.1) is 11.3 Å². The zero-order valence-corrected chi connectivity index (χ0v) is 8.37. The Morgan fingerprint density at radius 3 is 2.88 bits per heavy atom. The first-order valence-corrected chi connectivity index (χ1v) is 4.55. The molecule has 2 unspecified atom stereocenters. The summed E-state index contributed by atoms with van der Waals surface area (Å²) < 4.78 is 0. The maximum Gasteiger partial charge on any atom is 0.220 e. The van der Waals surface area contributed by atoms with Crippen LogP contribution >= 0.6 is 0 Å². The molecular weight excluding hydrogens is 210 g/mol. The van der Waals surface area contributed by atoms with Gasteiger partial charge in [-0.25, -0.2) is 4.98 Å². The lowest BCUT2D eigenvalue weighted by atomic mass is 10.0. The highest BCUT2D eigenvalue weighted by atomic mass is 16.3. The fourth-order valence-electron chi connectivity index (χ4n) is 1.23. The number of nitrogens with two attached hydrogens (primary N) is 1. The fraction of sp³-hybridized carbons (Fsp3) is 0.300. The van der Waals surface area contributed by atoms with Gasteiger partial charge in [-0.05, 0) is 17.7 Å². The maximum atomic E-state index is 10.6. The summed E-state index contributed by atoms with van der Waals surface area (Å²) in [5.74, 6) is -0.707. The minimum atomic E-state index is -1.29. The molecule has 6 nitrogen and oxygen atoms in total. The third kappa shape index (κ3) is 3.02. The molecule has 16 heavy (non-hydrogen) atoms. The normalized spacial score (nSPS) is 13.8. The molecule has 0 aliphatic rings. The van der Waals surface area contributed by atoms with Crippen LogP contribution in [0.4, 0.5) is 0 Å². The average molecular weight is 221 g/mol. The molecule has 0 aromatic carbocycles. The topological polar surface area (TPSA) is 120 Å². The van der Waals surface area contributed by atoms with Gasteiger partial charge in [0, 0.05) is 6.20 Å². The van der Waals surface area contributed by atoms with Gasteiger partial charge in [0.15, 0.2) is 0 Å². The summed E-state index contributed by atoms with van der Waals surface area (Å²) in [6.07, 6.45) is -1.55. The number of rotatable bonds is 4. The number of primary amides is 1. The lowest BCUT2D eigenvalue weighted by Crippen LogP contribution is -2.25. The quantitative estimate of drug-likeness (QED) is 0.616. The summed E-state index contributed by atoms with van der Waals surface area (Å²) in [5, 5.41) is 27.7. The lowest BCUT2D eigenvalue weighted by Gasteiger charge is -2.16. The molecule has 0 fully saturated rings. The van der Waals surface area contributed by atoms with Gasteiger partial charge in [-0.15, -0.1) is 0 Å². The average Bonchev–Trinajstić information content (AvgIpc) is 2.27. The van der Waals surface area contributed by atoms with Crippen molar-refractivity contribution in [1.29, 1.82) is 5.26 Å². The summed E-state index contributed by atoms with van der Waals surface area (Å²) in [6.45, 7) is 0. The van der Waals surface area contributed by atoms with Crippen LogP contribution in [0.25, 0.3) is 0 Å². The Bertz CT molecular complexity index is 428. The van der Waals surface area contributed by atoms with Crippen LogP contribution in [-0.2, 0) is 4.79 Å². The van der Waals surface area contributed by atoms with E-state index in [1.165, 1.54) is 18.3 Å². The van der Waals surface area contributed by atoms with E-state index in [2.05, 4.69) is 4.98 Å². The smallest absolute Gasteiger partial charge is 0.220 e. The van der Waals surface area contributed by atoms with Gasteiger partial charge < -0.3 is 15.9 Å². The summed E-state index contributed by atoms with van der Waals surface area (Å²) in [6, 6.07) is 4.60. The molecule has 0 bridgehead atoms. The molecule has 0 aliphatic heterocycles. The van der Waals surface area contributed by atoms with Gasteiger partial charge >= 0.3 is 0 Å². The van der Waals surface area contributed by atoms with Crippen molar-refractivity contribution in [3.8, 4) is 6.07 Å². The molecule has 1 rings (SSSR count). The van der Waals surface area contributed by atoms with Gasteiger partial charge in [0.25, 0.3) is 0 Å². The van der Waals surface area contributed by atoms with Crippen molar-refractivity contribution < 1.29 is 15.0 Å². The second-order valence-electron chi connectivity index (χ2n) is 3.27.